The fourth-order valence-corrected chi connectivity index (χ4v) is 3.05. The lowest BCUT2D eigenvalue weighted by Crippen LogP contribution is -2.44. The summed E-state index contributed by atoms with van der Waals surface area (Å²) in [6, 6.07) is 8.55. The van der Waals surface area contributed by atoms with Crippen LogP contribution in [0, 0.1) is 18.8 Å². The first-order valence-electron chi connectivity index (χ1n) is 8.73. The average molecular weight is 314 g/mol. The highest BCUT2D eigenvalue weighted by Crippen LogP contribution is 2.44. The van der Waals surface area contributed by atoms with Crippen molar-refractivity contribution >= 4 is 11.8 Å². The van der Waals surface area contributed by atoms with Crippen LogP contribution in [0.4, 0.5) is 0 Å². The zero-order valence-electron chi connectivity index (χ0n) is 13.8. The third-order valence-corrected chi connectivity index (χ3v) is 4.79. The Kier molecular flexibility index (Phi) is 4.99. The van der Waals surface area contributed by atoms with Crippen molar-refractivity contribution in [2.45, 2.75) is 51.5 Å². The van der Waals surface area contributed by atoms with Crippen molar-refractivity contribution in [2.75, 3.05) is 6.54 Å². The molecule has 0 bridgehead atoms. The SMILES string of the molecule is Cc1ccc(CCC(=O)NCC(=O)NC(C2CC2)C2CC2)cc1. The van der Waals surface area contributed by atoms with Crippen molar-refractivity contribution < 1.29 is 9.59 Å². The van der Waals surface area contributed by atoms with Gasteiger partial charge in [0.2, 0.25) is 11.8 Å². The topological polar surface area (TPSA) is 58.2 Å². The first-order valence-corrected chi connectivity index (χ1v) is 8.73. The van der Waals surface area contributed by atoms with Crippen molar-refractivity contribution in [3.63, 3.8) is 0 Å². The highest BCUT2D eigenvalue weighted by atomic mass is 16.2. The molecule has 0 spiro atoms. The molecule has 124 valence electrons. The number of hydrogen-bond donors (Lipinski definition) is 2. The van der Waals surface area contributed by atoms with E-state index in [0.717, 1.165) is 5.56 Å². The Morgan fingerprint density at radius 2 is 1.65 bits per heavy atom. The molecule has 2 N–H and O–H groups in total. The third-order valence-electron chi connectivity index (χ3n) is 4.79. The highest BCUT2D eigenvalue weighted by Gasteiger charge is 2.42. The molecule has 0 saturated heterocycles. The molecule has 0 heterocycles. The van der Waals surface area contributed by atoms with Gasteiger partial charge in [-0.05, 0) is 56.4 Å². The van der Waals surface area contributed by atoms with Gasteiger partial charge in [0.1, 0.15) is 0 Å². The molecular formula is C19H26N2O2. The number of hydrogen-bond acceptors (Lipinski definition) is 2. The minimum Gasteiger partial charge on any atom is -0.351 e. The molecule has 0 aliphatic heterocycles. The number of amides is 2. The van der Waals surface area contributed by atoms with E-state index >= 15 is 0 Å². The molecule has 0 aromatic heterocycles. The molecule has 1 aromatic carbocycles. The van der Waals surface area contributed by atoms with Gasteiger partial charge in [-0.15, -0.1) is 0 Å². The van der Waals surface area contributed by atoms with Gasteiger partial charge >= 0.3 is 0 Å². The second-order valence-electron chi connectivity index (χ2n) is 7.03. The van der Waals surface area contributed by atoms with E-state index in [1.54, 1.807) is 0 Å². The van der Waals surface area contributed by atoms with Crippen molar-refractivity contribution in [3.05, 3.63) is 35.4 Å². The Morgan fingerprint density at radius 1 is 1.04 bits per heavy atom. The molecule has 0 unspecified atom stereocenters. The highest BCUT2D eigenvalue weighted by molar-refractivity contribution is 5.84. The van der Waals surface area contributed by atoms with E-state index in [9.17, 15) is 9.59 Å². The van der Waals surface area contributed by atoms with Crippen LogP contribution in [-0.2, 0) is 16.0 Å². The summed E-state index contributed by atoms with van der Waals surface area (Å²) >= 11 is 0. The number of benzene rings is 1. The second-order valence-corrected chi connectivity index (χ2v) is 7.03. The summed E-state index contributed by atoms with van der Waals surface area (Å²) in [7, 11) is 0. The maximum absolute atomic E-state index is 12.0. The smallest absolute Gasteiger partial charge is 0.239 e. The van der Waals surface area contributed by atoms with E-state index in [0.29, 0.717) is 30.7 Å². The van der Waals surface area contributed by atoms with Crippen LogP contribution in [0.25, 0.3) is 0 Å². The van der Waals surface area contributed by atoms with Crippen LogP contribution in [0.3, 0.4) is 0 Å². The summed E-state index contributed by atoms with van der Waals surface area (Å²) in [5.74, 6) is 1.26. The van der Waals surface area contributed by atoms with Crippen LogP contribution in [-0.4, -0.2) is 24.4 Å². The number of rotatable bonds is 8. The number of carbonyl (C=O) groups is 2. The van der Waals surface area contributed by atoms with Gasteiger partial charge in [0.25, 0.3) is 0 Å². The summed E-state index contributed by atoms with van der Waals surface area (Å²) in [6.07, 6.45) is 6.09. The van der Waals surface area contributed by atoms with E-state index in [1.807, 2.05) is 19.1 Å². The Morgan fingerprint density at radius 3 is 2.22 bits per heavy atom. The molecule has 0 radical (unpaired) electrons. The summed E-state index contributed by atoms with van der Waals surface area (Å²) < 4.78 is 0. The van der Waals surface area contributed by atoms with Crippen molar-refractivity contribution in [2.24, 2.45) is 11.8 Å². The van der Waals surface area contributed by atoms with Crippen LogP contribution in [0.15, 0.2) is 24.3 Å². The fourth-order valence-electron chi connectivity index (χ4n) is 3.05. The molecule has 1 aromatic rings. The van der Waals surface area contributed by atoms with Gasteiger partial charge in [-0.1, -0.05) is 29.8 Å². The second kappa shape index (κ2) is 7.16. The van der Waals surface area contributed by atoms with Crippen molar-refractivity contribution in [1.29, 1.82) is 0 Å². The van der Waals surface area contributed by atoms with E-state index < -0.39 is 0 Å². The molecule has 2 aliphatic carbocycles. The van der Waals surface area contributed by atoms with Gasteiger partial charge in [-0.25, -0.2) is 0 Å². The van der Waals surface area contributed by atoms with Gasteiger partial charge in [-0.2, -0.15) is 0 Å². The summed E-state index contributed by atoms with van der Waals surface area (Å²) in [4.78, 5) is 23.9. The van der Waals surface area contributed by atoms with Gasteiger partial charge in [-0.3, -0.25) is 9.59 Å². The Labute approximate surface area is 138 Å². The molecular weight excluding hydrogens is 288 g/mol. The van der Waals surface area contributed by atoms with Crippen molar-refractivity contribution in [3.8, 4) is 0 Å². The van der Waals surface area contributed by atoms with Crippen LogP contribution in [0.1, 0.15) is 43.2 Å². The van der Waals surface area contributed by atoms with E-state index in [1.165, 1.54) is 31.2 Å². The lowest BCUT2D eigenvalue weighted by Gasteiger charge is -2.17. The molecule has 2 aliphatic rings. The molecule has 4 heteroatoms. The monoisotopic (exact) mass is 314 g/mol. The van der Waals surface area contributed by atoms with Gasteiger partial charge in [0.15, 0.2) is 0 Å². The van der Waals surface area contributed by atoms with Crippen molar-refractivity contribution in [1.82, 2.24) is 10.6 Å². The predicted molar refractivity (Wildman–Crippen MR) is 89.9 cm³/mol. The first kappa shape index (κ1) is 16.0. The average Bonchev–Trinajstić information content (AvgIpc) is 3.42. The number of aryl methyl sites for hydroxylation is 2. The zero-order chi connectivity index (χ0) is 16.2. The van der Waals surface area contributed by atoms with Gasteiger partial charge in [0.05, 0.1) is 6.54 Å². The largest absolute Gasteiger partial charge is 0.351 e. The normalized spacial score (nSPS) is 17.1. The zero-order valence-corrected chi connectivity index (χ0v) is 13.8. The quantitative estimate of drug-likeness (QED) is 0.774. The minimum atomic E-state index is -0.0601. The molecule has 3 rings (SSSR count). The Hall–Kier alpha value is -1.84. The van der Waals surface area contributed by atoms with E-state index in [4.69, 9.17) is 0 Å². The summed E-state index contributed by atoms with van der Waals surface area (Å²) in [5.41, 5.74) is 2.37. The standard InChI is InChI=1S/C19H26N2O2/c1-13-2-4-14(5-3-13)6-11-17(22)20-12-18(23)21-19(15-7-8-15)16-9-10-16/h2-5,15-16,19H,6-12H2,1H3,(H,20,22)(H,21,23). The first-order chi connectivity index (χ1) is 11.1. The maximum atomic E-state index is 12.0. The minimum absolute atomic E-state index is 0.0440. The van der Waals surface area contributed by atoms with Crippen LogP contribution in [0.5, 0.6) is 0 Å². The lowest BCUT2D eigenvalue weighted by molar-refractivity contribution is -0.126. The molecule has 0 atom stereocenters. The maximum Gasteiger partial charge on any atom is 0.239 e. The third kappa shape index (κ3) is 5.08. The molecule has 2 saturated carbocycles. The van der Waals surface area contributed by atoms with Gasteiger partial charge < -0.3 is 10.6 Å². The fraction of sp³-hybridized carbons (Fsp3) is 0.579. The molecule has 23 heavy (non-hydrogen) atoms. The number of carbonyl (C=O) groups excluding carboxylic acids is 2. The molecule has 4 nitrogen and oxygen atoms in total. The molecule has 2 amide bonds. The number of nitrogens with one attached hydrogen (secondary N) is 2. The lowest BCUT2D eigenvalue weighted by atomic mass is 10.1. The Bertz CT molecular complexity index is 547. The summed E-state index contributed by atoms with van der Waals surface area (Å²) in [6.45, 7) is 2.15. The van der Waals surface area contributed by atoms with Crippen LogP contribution in [0.2, 0.25) is 0 Å². The van der Waals surface area contributed by atoms with Crippen LogP contribution < -0.4 is 10.6 Å². The molecule has 2 fully saturated rings. The predicted octanol–water partition coefficient (Wildman–Crippen LogP) is 2.35. The van der Waals surface area contributed by atoms with E-state index in [-0.39, 0.29) is 18.4 Å². The summed E-state index contributed by atoms with van der Waals surface area (Å²) in [5, 5.41) is 5.86. The van der Waals surface area contributed by atoms with Crippen LogP contribution >= 0.6 is 0 Å². The Balaban J connectivity index is 1.34. The van der Waals surface area contributed by atoms with E-state index in [2.05, 4.69) is 22.8 Å². The van der Waals surface area contributed by atoms with Gasteiger partial charge in [0, 0.05) is 12.5 Å².